The third-order valence-corrected chi connectivity index (χ3v) is 2.14. The van der Waals surface area contributed by atoms with Crippen LogP contribution in [0.15, 0.2) is 0 Å². The highest BCUT2D eigenvalue weighted by Gasteiger charge is 2.25. The molecule has 0 atom stereocenters. The van der Waals surface area contributed by atoms with E-state index in [1.54, 1.807) is 13.8 Å². The smallest absolute Gasteiger partial charge is 0.226 e. The van der Waals surface area contributed by atoms with Gasteiger partial charge in [-0.3, -0.25) is 9.59 Å². The molecule has 0 aliphatic carbocycles. The molecule has 88 valence electrons. The third kappa shape index (κ3) is 5.37. The summed E-state index contributed by atoms with van der Waals surface area (Å²) in [5.74, 6) is -0.169. The fourth-order valence-corrected chi connectivity index (χ4v) is 0.907. The second-order valence-corrected chi connectivity index (χ2v) is 4.05. The largest absolute Gasteiger partial charge is 0.356 e. The molecule has 0 aliphatic heterocycles. The van der Waals surface area contributed by atoms with E-state index in [1.807, 2.05) is 6.92 Å². The zero-order valence-electron chi connectivity index (χ0n) is 9.72. The van der Waals surface area contributed by atoms with Gasteiger partial charge in [0, 0.05) is 26.1 Å². The van der Waals surface area contributed by atoms with Crippen LogP contribution in [0.5, 0.6) is 0 Å². The third-order valence-electron chi connectivity index (χ3n) is 2.14. The van der Waals surface area contributed by atoms with Crippen molar-refractivity contribution in [2.75, 3.05) is 19.6 Å². The molecule has 0 unspecified atom stereocenters. The minimum absolute atomic E-state index is 0.0524. The Morgan fingerprint density at radius 2 is 1.87 bits per heavy atom. The molecule has 0 aromatic heterocycles. The first-order valence-electron chi connectivity index (χ1n) is 5.19. The Balaban J connectivity index is 3.78. The maximum Gasteiger partial charge on any atom is 0.226 e. The van der Waals surface area contributed by atoms with Gasteiger partial charge in [0.2, 0.25) is 11.8 Å². The van der Waals surface area contributed by atoms with Gasteiger partial charge in [0.1, 0.15) is 0 Å². The van der Waals surface area contributed by atoms with Gasteiger partial charge in [-0.25, -0.2) is 0 Å². The van der Waals surface area contributed by atoms with Crippen molar-refractivity contribution in [3.63, 3.8) is 0 Å². The molecule has 0 aliphatic rings. The van der Waals surface area contributed by atoms with Crippen LogP contribution < -0.4 is 16.4 Å². The van der Waals surface area contributed by atoms with Crippen LogP contribution in [0.2, 0.25) is 0 Å². The standard InChI is InChI=1S/C10H21N3O2/c1-4-12-8(14)5-6-13-9(15)10(2,3)7-11/h4-7,11H2,1-3H3,(H,12,14)(H,13,15). The normalized spacial score (nSPS) is 10.9. The molecule has 0 fully saturated rings. The molecular weight excluding hydrogens is 194 g/mol. The SMILES string of the molecule is CCNC(=O)CCNC(=O)C(C)(C)CN. The van der Waals surface area contributed by atoms with Crippen molar-refractivity contribution >= 4 is 11.8 Å². The lowest BCUT2D eigenvalue weighted by Crippen LogP contribution is -2.42. The summed E-state index contributed by atoms with van der Waals surface area (Å²) in [5.41, 5.74) is 4.88. The van der Waals surface area contributed by atoms with Gasteiger partial charge in [0.25, 0.3) is 0 Å². The van der Waals surface area contributed by atoms with Gasteiger partial charge in [0.15, 0.2) is 0 Å². The van der Waals surface area contributed by atoms with E-state index in [0.717, 1.165) is 0 Å². The summed E-state index contributed by atoms with van der Waals surface area (Å²) in [7, 11) is 0. The summed E-state index contributed by atoms with van der Waals surface area (Å²) in [6, 6.07) is 0. The van der Waals surface area contributed by atoms with Gasteiger partial charge in [-0.15, -0.1) is 0 Å². The topological polar surface area (TPSA) is 84.2 Å². The van der Waals surface area contributed by atoms with Gasteiger partial charge in [0.05, 0.1) is 5.41 Å². The first-order valence-corrected chi connectivity index (χ1v) is 5.19. The molecule has 2 amide bonds. The molecule has 0 spiro atoms. The molecule has 0 aromatic carbocycles. The first kappa shape index (κ1) is 13.9. The number of carbonyl (C=O) groups is 2. The predicted octanol–water partition coefficient (Wildman–Crippen LogP) is -0.386. The van der Waals surface area contributed by atoms with Crippen molar-refractivity contribution in [1.82, 2.24) is 10.6 Å². The molecule has 0 bridgehead atoms. The Bertz CT molecular complexity index is 227. The van der Waals surface area contributed by atoms with Crippen molar-refractivity contribution in [3.8, 4) is 0 Å². The Morgan fingerprint density at radius 3 is 2.33 bits per heavy atom. The van der Waals surface area contributed by atoms with Crippen LogP contribution >= 0.6 is 0 Å². The quantitative estimate of drug-likeness (QED) is 0.564. The second kappa shape index (κ2) is 6.40. The van der Waals surface area contributed by atoms with E-state index in [2.05, 4.69) is 10.6 Å². The average molecular weight is 215 g/mol. The van der Waals surface area contributed by atoms with E-state index in [9.17, 15) is 9.59 Å². The molecule has 5 heteroatoms. The molecule has 15 heavy (non-hydrogen) atoms. The molecule has 4 N–H and O–H groups in total. The van der Waals surface area contributed by atoms with E-state index in [1.165, 1.54) is 0 Å². The van der Waals surface area contributed by atoms with Gasteiger partial charge in [-0.1, -0.05) is 0 Å². The zero-order valence-corrected chi connectivity index (χ0v) is 9.72. The summed E-state index contributed by atoms with van der Waals surface area (Å²) in [4.78, 5) is 22.6. The molecule has 0 heterocycles. The van der Waals surface area contributed by atoms with Crippen LogP contribution in [-0.4, -0.2) is 31.4 Å². The van der Waals surface area contributed by atoms with Gasteiger partial charge < -0.3 is 16.4 Å². The van der Waals surface area contributed by atoms with Crippen LogP contribution in [0.25, 0.3) is 0 Å². The lowest BCUT2D eigenvalue weighted by atomic mass is 9.93. The van der Waals surface area contributed by atoms with Crippen molar-refractivity contribution in [2.45, 2.75) is 27.2 Å². The fourth-order valence-electron chi connectivity index (χ4n) is 0.907. The minimum Gasteiger partial charge on any atom is -0.356 e. The average Bonchev–Trinajstić information content (AvgIpc) is 2.18. The Kier molecular flexibility index (Phi) is 5.93. The zero-order chi connectivity index (χ0) is 11.9. The molecule has 0 saturated heterocycles. The lowest BCUT2D eigenvalue weighted by Gasteiger charge is -2.21. The maximum absolute atomic E-state index is 11.5. The van der Waals surface area contributed by atoms with Crippen LogP contribution in [0.4, 0.5) is 0 Å². The van der Waals surface area contributed by atoms with Gasteiger partial charge in [-0.05, 0) is 20.8 Å². The van der Waals surface area contributed by atoms with Crippen molar-refractivity contribution in [2.24, 2.45) is 11.1 Å². The maximum atomic E-state index is 11.5. The fraction of sp³-hybridized carbons (Fsp3) is 0.800. The summed E-state index contributed by atoms with van der Waals surface area (Å²) in [6.07, 6.45) is 0.306. The van der Waals surface area contributed by atoms with E-state index in [4.69, 9.17) is 5.73 Å². The highest BCUT2D eigenvalue weighted by Crippen LogP contribution is 2.11. The summed E-state index contributed by atoms with van der Waals surface area (Å²) in [6.45, 7) is 6.66. The number of nitrogens with two attached hydrogens (primary N) is 1. The molecule has 0 radical (unpaired) electrons. The Hall–Kier alpha value is -1.10. The van der Waals surface area contributed by atoms with Crippen molar-refractivity contribution in [3.05, 3.63) is 0 Å². The van der Waals surface area contributed by atoms with Crippen LogP contribution in [0.3, 0.4) is 0 Å². The molecular formula is C10H21N3O2. The number of amides is 2. The summed E-state index contributed by atoms with van der Waals surface area (Å²) in [5, 5.41) is 5.34. The molecule has 0 rings (SSSR count). The van der Waals surface area contributed by atoms with Crippen molar-refractivity contribution in [1.29, 1.82) is 0 Å². The second-order valence-electron chi connectivity index (χ2n) is 4.05. The first-order chi connectivity index (χ1) is 6.94. The van der Waals surface area contributed by atoms with Gasteiger partial charge in [-0.2, -0.15) is 0 Å². The Labute approximate surface area is 90.8 Å². The highest BCUT2D eigenvalue weighted by molar-refractivity contribution is 5.83. The monoisotopic (exact) mass is 215 g/mol. The van der Waals surface area contributed by atoms with Crippen LogP contribution in [-0.2, 0) is 9.59 Å². The van der Waals surface area contributed by atoms with E-state index >= 15 is 0 Å². The number of hydrogen-bond donors (Lipinski definition) is 3. The summed E-state index contributed by atoms with van der Waals surface area (Å²) >= 11 is 0. The number of carbonyl (C=O) groups excluding carboxylic acids is 2. The number of hydrogen-bond acceptors (Lipinski definition) is 3. The lowest BCUT2D eigenvalue weighted by molar-refractivity contribution is -0.129. The van der Waals surface area contributed by atoms with E-state index in [-0.39, 0.29) is 11.8 Å². The van der Waals surface area contributed by atoms with Crippen molar-refractivity contribution < 1.29 is 9.59 Å². The minimum atomic E-state index is -0.568. The molecule has 0 saturated carbocycles. The summed E-state index contributed by atoms with van der Waals surface area (Å²) < 4.78 is 0. The van der Waals surface area contributed by atoms with Crippen LogP contribution in [0.1, 0.15) is 27.2 Å². The Morgan fingerprint density at radius 1 is 1.27 bits per heavy atom. The molecule has 5 nitrogen and oxygen atoms in total. The number of rotatable bonds is 6. The van der Waals surface area contributed by atoms with E-state index < -0.39 is 5.41 Å². The van der Waals surface area contributed by atoms with Gasteiger partial charge >= 0.3 is 0 Å². The molecule has 0 aromatic rings. The van der Waals surface area contributed by atoms with E-state index in [0.29, 0.717) is 26.1 Å². The number of nitrogens with one attached hydrogen (secondary N) is 2. The van der Waals surface area contributed by atoms with Crippen LogP contribution in [0, 0.1) is 5.41 Å². The predicted molar refractivity (Wildman–Crippen MR) is 59.1 cm³/mol. The highest BCUT2D eigenvalue weighted by atomic mass is 16.2.